The van der Waals surface area contributed by atoms with Gasteiger partial charge in [0.1, 0.15) is 0 Å². The van der Waals surface area contributed by atoms with E-state index in [2.05, 4.69) is 42.5 Å². The van der Waals surface area contributed by atoms with E-state index < -0.39 is 0 Å². The number of anilines is 1. The zero-order chi connectivity index (χ0) is 12.7. The quantitative estimate of drug-likeness (QED) is 0.786. The number of amides is 2. The Bertz CT molecular complexity index is 393. The first-order valence-corrected chi connectivity index (χ1v) is 7.17. The first kappa shape index (κ1) is 14.2. The Kier molecular flexibility index (Phi) is 6.21. The molecule has 0 bridgehead atoms. The van der Waals surface area contributed by atoms with Crippen LogP contribution in [0.5, 0.6) is 0 Å². The minimum absolute atomic E-state index is 0.0540. The van der Waals surface area contributed by atoms with Gasteiger partial charge < -0.3 is 10.6 Å². The highest BCUT2D eigenvalue weighted by atomic mass is 79.9. The van der Waals surface area contributed by atoms with Crippen molar-refractivity contribution in [3.05, 3.63) is 29.8 Å². The van der Waals surface area contributed by atoms with E-state index in [0.29, 0.717) is 11.9 Å². The molecule has 1 aromatic rings. The lowest BCUT2D eigenvalue weighted by molar-refractivity contribution is -0.118. The average molecular weight is 364 g/mol. The number of benzene rings is 1. The zero-order valence-corrected chi connectivity index (χ0v) is 12.2. The van der Waals surface area contributed by atoms with Gasteiger partial charge in [-0.15, -0.1) is 0 Å². The molecule has 0 heterocycles. The van der Waals surface area contributed by atoms with E-state index in [9.17, 15) is 9.59 Å². The van der Waals surface area contributed by atoms with Gasteiger partial charge in [-0.2, -0.15) is 0 Å². The summed E-state index contributed by atoms with van der Waals surface area (Å²) in [5.74, 6) is -0.146. The van der Waals surface area contributed by atoms with Gasteiger partial charge in [-0.25, -0.2) is 0 Å². The van der Waals surface area contributed by atoms with Crippen LogP contribution in [0.2, 0.25) is 0 Å². The van der Waals surface area contributed by atoms with Crippen molar-refractivity contribution in [1.82, 2.24) is 5.32 Å². The maximum absolute atomic E-state index is 11.1. The standard InChI is InChI=1S/C11H12Br2N2O2/c12-5-10(16)14-7-8-1-3-9(4-2-8)15-11(17)6-13/h1-4H,5-7H2,(H,14,16)(H,15,17). The average Bonchev–Trinajstić information content (AvgIpc) is 2.37. The molecule has 1 aromatic carbocycles. The Balaban J connectivity index is 2.50. The molecular formula is C11H12Br2N2O2. The second-order valence-electron chi connectivity index (χ2n) is 3.29. The SMILES string of the molecule is O=C(CBr)NCc1ccc(NC(=O)CBr)cc1. The molecule has 0 saturated carbocycles. The zero-order valence-electron chi connectivity index (χ0n) is 9.00. The van der Waals surface area contributed by atoms with Crippen LogP contribution in [0, 0.1) is 0 Å². The van der Waals surface area contributed by atoms with Crippen LogP contribution in [0.3, 0.4) is 0 Å². The summed E-state index contributed by atoms with van der Waals surface area (Å²) in [6.45, 7) is 0.483. The topological polar surface area (TPSA) is 58.2 Å². The molecule has 0 aliphatic carbocycles. The van der Waals surface area contributed by atoms with Crippen LogP contribution >= 0.6 is 31.9 Å². The summed E-state index contributed by atoms with van der Waals surface area (Å²) in [4.78, 5) is 22.1. The number of alkyl halides is 2. The monoisotopic (exact) mass is 362 g/mol. The largest absolute Gasteiger partial charge is 0.351 e. The maximum Gasteiger partial charge on any atom is 0.235 e. The highest BCUT2D eigenvalue weighted by molar-refractivity contribution is 9.09. The molecule has 6 heteroatoms. The summed E-state index contributed by atoms with van der Waals surface area (Å²) >= 11 is 6.14. The van der Waals surface area contributed by atoms with Gasteiger partial charge in [-0.3, -0.25) is 9.59 Å². The van der Waals surface area contributed by atoms with Gasteiger partial charge >= 0.3 is 0 Å². The Morgan fingerprint density at radius 2 is 1.59 bits per heavy atom. The highest BCUT2D eigenvalue weighted by Crippen LogP contribution is 2.09. The van der Waals surface area contributed by atoms with Crippen molar-refractivity contribution in [2.24, 2.45) is 0 Å². The number of rotatable bonds is 5. The molecule has 0 spiro atoms. The lowest BCUT2D eigenvalue weighted by atomic mass is 10.2. The highest BCUT2D eigenvalue weighted by Gasteiger charge is 2.01. The lowest BCUT2D eigenvalue weighted by Crippen LogP contribution is -2.23. The molecule has 0 radical (unpaired) electrons. The van der Waals surface area contributed by atoms with Gasteiger partial charge in [0.25, 0.3) is 0 Å². The Hall–Kier alpha value is -0.880. The van der Waals surface area contributed by atoms with Crippen LogP contribution in [0.25, 0.3) is 0 Å². The minimum Gasteiger partial charge on any atom is -0.351 e. The molecule has 0 saturated heterocycles. The number of halogens is 2. The third kappa shape index (κ3) is 5.32. The van der Waals surface area contributed by atoms with Crippen molar-refractivity contribution >= 4 is 49.4 Å². The maximum atomic E-state index is 11.1. The molecule has 4 nitrogen and oxygen atoms in total. The van der Waals surface area contributed by atoms with E-state index in [1.54, 1.807) is 12.1 Å². The van der Waals surface area contributed by atoms with Gasteiger partial charge in [0.15, 0.2) is 0 Å². The van der Waals surface area contributed by atoms with E-state index in [-0.39, 0.29) is 17.1 Å². The normalized spacial score (nSPS) is 9.76. The smallest absolute Gasteiger partial charge is 0.235 e. The number of hydrogen-bond acceptors (Lipinski definition) is 2. The predicted octanol–water partition coefficient (Wildman–Crippen LogP) is 2.03. The van der Waals surface area contributed by atoms with Gasteiger partial charge in [0, 0.05) is 12.2 Å². The van der Waals surface area contributed by atoms with Crippen LogP contribution in [-0.2, 0) is 16.1 Å². The van der Waals surface area contributed by atoms with Crippen molar-refractivity contribution in [3.63, 3.8) is 0 Å². The molecular weight excluding hydrogens is 352 g/mol. The van der Waals surface area contributed by atoms with Crippen LogP contribution in [0.15, 0.2) is 24.3 Å². The summed E-state index contributed by atoms with van der Waals surface area (Å²) in [5.41, 5.74) is 1.72. The number of nitrogens with one attached hydrogen (secondary N) is 2. The van der Waals surface area contributed by atoms with E-state index in [4.69, 9.17) is 0 Å². The second kappa shape index (κ2) is 7.45. The van der Waals surface area contributed by atoms with Crippen molar-refractivity contribution < 1.29 is 9.59 Å². The van der Waals surface area contributed by atoms with Gasteiger partial charge in [0.05, 0.1) is 10.7 Å². The minimum atomic E-state index is -0.0923. The second-order valence-corrected chi connectivity index (χ2v) is 4.41. The third-order valence-corrected chi connectivity index (χ3v) is 2.99. The van der Waals surface area contributed by atoms with Crippen LogP contribution in [0.1, 0.15) is 5.56 Å². The van der Waals surface area contributed by atoms with Gasteiger partial charge in [-0.1, -0.05) is 44.0 Å². The summed E-state index contributed by atoms with van der Waals surface area (Å²) < 4.78 is 0. The van der Waals surface area contributed by atoms with E-state index in [1.807, 2.05) is 12.1 Å². The fraction of sp³-hybridized carbons (Fsp3) is 0.273. The first-order chi connectivity index (χ1) is 8.15. The van der Waals surface area contributed by atoms with Crippen LogP contribution in [-0.4, -0.2) is 22.5 Å². The summed E-state index contributed by atoms with van der Waals surface area (Å²) in [6.07, 6.45) is 0. The van der Waals surface area contributed by atoms with E-state index in [0.717, 1.165) is 11.3 Å². The number of carbonyl (C=O) groups is 2. The Morgan fingerprint density at radius 1 is 1.00 bits per heavy atom. The van der Waals surface area contributed by atoms with Crippen molar-refractivity contribution in [3.8, 4) is 0 Å². The van der Waals surface area contributed by atoms with E-state index in [1.165, 1.54) is 0 Å². The molecule has 0 aliphatic heterocycles. The molecule has 92 valence electrons. The molecule has 0 aromatic heterocycles. The molecule has 1 rings (SSSR count). The number of hydrogen-bond donors (Lipinski definition) is 2. The van der Waals surface area contributed by atoms with Gasteiger partial charge in [-0.05, 0) is 17.7 Å². The molecule has 2 N–H and O–H groups in total. The van der Waals surface area contributed by atoms with Crippen LogP contribution < -0.4 is 10.6 Å². The Labute approximate surface area is 116 Å². The predicted molar refractivity (Wildman–Crippen MR) is 74.5 cm³/mol. The fourth-order valence-electron chi connectivity index (χ4n) is 1.15. The molecule has 17 heavy (non-hydrogen) atoms. The molecule has 0 aliphatic rings. The number of carbonyl (C=O) groups excluding carboxylic acids is 2. The van der Waals surface area contributed by atoms with E-state index >= 15 is 0 Å². The molecule has 0 unspecified atom stereocenters. The summed E-state index contributed by atoms with van der Waals surface area (Å²) in [5, 5.41) is 6.03. The molecule has 2 amide bonds. The Morgan fingerprint density at radius 3 is 2.12 bits per heavy atom. The van der Waals surface area contributed by atoms with Crippen molar-refractivity contribution in [2.75, 3.05) is 16.0 Å². The molecule has 0 atom stereocenters. The third-order valence-electron chi connectivity index (χ3n) is 1.97. The first-order valence-electron chi connectivity index (χ1n) is 4.93. The fourth-order valence-corrected chi connectivity index (χ4v) is 1.49. The molecule has 0 fully saturated rings. The van der Waals surface area contributed by atoms with Gasteiger partial charge in [0.2, 0.25) is 11.8 Å². The summed E-state index contributed by atoms with van der Waals surface area (Å²) in [7, 11) is 0. The summed E-state index contributed by atoms with van der Waals surface area (Å²) in [6, 6.07) is 7.32. The lowest BCUT2D eigenvalue weighted by Gasteiger charge is -2.06. The van der Waals surface area contributed by atoms with Crippen molar-refractivity contribution in [2.45, 2.75) is 6.54 Å². The van der Waals surface area contributed by atoms with Crippen molar-refractivity contribution in [1.29, 1.82) is 0 Å². The van der Waals surface area contributed by atoms with Crippen LogP contribution in [0.4, 0.5) is 5.69 Å².